The molecule has 0 aromatic rings. The number of carbonyl (C=O) groups excluding carboxylic acids is 1. The van der Waals surface area contributed by atoms with Crippen LogP contribution in [0.3, 0.4) is 0 Å². The predicted molar refractivity (Wildman–Crippen MR) is 195 cm³/mol. The minimum absolute atomic E-state index is 0.128. The average molecular weight is 763 g/mol. The van der Waals surface area contributed by atoms with Crippen molar-refractivity contribution in [2.75, 3.05) is 28.3 Å². The molecule has 3 saturated heterocycles. The lowest BCUT2D eigenvalue weighted by Gasteiger charge is -2.50. The summed E-state index contributed by atoms with van der Waals surface area (Å²) in [5, 5.41) is 59.8. The van der Waals surface area contributed by atoms with Gasteiger partial charge in [0.1, 0.15) is 23.9 Å². The summed E-state index contributed by atoms with van der Waals surface area (Å²) in [5.41, 5.74) is -3.99. The lowest BCUT2D eigenvalue weighted by molar-refractivity contribution is -0.319. The van der Waals surface area contributed by atoms with Crippen molar-refractivity contribution in [3.63, 3.8) is 0 Å². The second-order valence-electron chi connectivity index (χ2n) is 16.8. The summed E-state index contributed by atoms with van der Waals surface area (Å²) in [7, 11) is 6.80. The molecule has 310 valence electrons. The molecule has 3 aliphatic rings. The summed E-state index contributed by atoms with van der Waals surface area (Å²) in [6.45, 7) is 17.3. The number of cyclic esters (lactones) is 1. The summed E-state index contributed by atoms with van der Waals surface area (Å²) in [5.74, 6) is -3.82. The van der Waals surface area contributed by atoms with Gasteiger partial charge >= 0.3 is 5.97 Å². The van der Waals surface area contributed by atoms with E-state index in [2.05, 4.69) is 5.16 Å². The lowest BCUT2D eigenvalue weighted by atomic mass is 9.73. The highest BCUT2D eigenvalue weighted by Gasteiger charge is 2.54. The molecule has 0 bridgehead atoms. The molecule has 0 aromatic carbocycles. The zero-order valence-corrected chi connectivity index (χ0v) is 34.4. The number of oxime groups is 1. The molecule has 53 heavy (non-hydrogen) atoms. The van der Waals surface area contributed by atoms with E-state index in [1.165, 1.54) is 21.1 Å². The van der Waals surface area contributed by atoms with Crippen molar-refractivity contribution in [2.24, 2.45) is 28.8 Å². The average Bonchev–Trinajstić information content (AvgIpc) is 3.10. The topological polar surface area (TPSA) is 198 Å². The molecule has 3 fully saturated rings. The molecule has 0 saturated carbocycles. The van der Waals surface area contributed by atoms with Gasteiger partial charge in [-0.2, -0.15) is 0 Å². The molecule has 2 unspecified atom stereocenters. The third kappa shape index (κ3) is 9.73. The van der Waals surface area contributed by atoms with Crippen LogP contribution in [-0.4, -0.2) is 155 Å². The van der Waals surface area contributed by atoms with E-state index in [9.17, 15) is 30.4 Å². The van der Waals surface area contributed by atoms with Crippen LogP contribution in [-0.2, 0) is 38.0 Å². The third-order valence-corrected chi connectivity index (χ3v) is 12.4. The van der Waals surface area contributed by atoms with Crippen LogP contribution < -0.4 is 0 Å². The quantitative estimate of drug-likeness (QED) is 0.137. The Morgan fingerprint density at radius 3 is 2.02 bits per heavy atom. The molecule has 0 amide bonds. The first-order valence-electron chi connectivity index (χ1n) is 19.1. The molecule has 18 atom stereocenters. The Morgan fingerprint density at radius 1 is 0.887 bits per heavy atom. The predicted octanol–water partition coefficient (Wildman–Crippen LogP) is 2.70. The van der Waals surface area contributed by atoms with Crippen molar-refractivity contribution in [1.82, 2.24) is 4.90 Å². The van der Waals surface area contributed by atoms with Gasteiger partial charge < -0.3 is 63.7 Å². The Balaban J connectivity index is 2.25. The first-order valence-corrected chi connectivity index (χ1v) is 19.1. The van der Waals surface area contributed by atoms with E-state index >= 15 is 0 Å². The van der Waals surface area contributed by atoms with Crippen LogP contribution in [0.5, 0.6) is 0 Å². The Bertz CT molecular complexity index is 1220. The van der Waals surface area contributed by atoms with Crippen molar-refractivity contribution >= 4 is 11.7 Å². The van der Waals surface area contributed by atoms with Gasteiger partial charge in [-0.05, 0) is 74.9 Å². The van der Waals surface area contributed by atoms with Gasteiger partial charge in [-0.25, -0.2) is 0 Å². The van der Waals surface area contributed by atoms with E-state index in [4.69, 9.17) is 33.2 Å². The molecule has 0 radical (unpaired) electrons. The molecule has 3 aliphatic heterocycles. The maximum absolute atomic E-state index is 14.2. The summed E-state index contributed by atoms with van der Waals surface area (Å²) < 4.78 is 44.1. The van der Waals surface area contributed by atoms with Crippen molar-refractivity contribution < 1.29 is 63.6 Å². The molecular weight excluding hydrogens is 692 g/mol. The smallest absolute Gasteiger partial charge is 0.311 e. The number of ether oxygens (including phenoxy) is 7. The number of aliphatic hydroxyl groups is 4. The minimum atomic E-state index is -1.94. The van der Waals surface area contributed by atoms with Gasteiger partial charge in [0, 0.05) is 44.4 Å². The Kier molecular flexibility index (Phi) is 15.7. The van der Waals surface area contributed by atoms with Crippen molar-refractivity contribution in [2.45, 2.75) is 179 Å². The fraction of sp³-hybridized carbons (Fsp3) is 0.947. The fourth-order valence-corrected chi connectivity index (χ4v) is 8.78. The summed E-state index contributed by atoms with van der Waals surface area (Å²) in [6, 6.07) is -0.282. The molecule has 0 aromatic heterocycles. The lowest BCUT2D eigenvalue weighted by Crippen LogP contribution is -2.61. The number of hydrogen-bond donors (Lipinski definition) is 5. The van der Waals surface area contributed by atoms with Crippen LogP contribution in [0.1, 0.15) is 94.9 Å². The molecule has 3 rings (SSSR count). The number of carbonyl (C=O) groups is 1. The summed E-state index contributed by atoms with van der Waals surface area (Å²) in [4.78, 5) is 16.2. The highest BCUT2D eigenvalue weighted by molar-refractivity contribution is 5.88. The maximum Gasteiger partial charge on any atom is 0.311 e. The molecule has 3 heterocycles. The Morgan fingerprint density at radius 2 is 1.49 bits per heavy atom. The van der Waals surface area contributed by atoms with Crippen LogP contribution in [0, 0.1) is 23.7 Å². The largest absolute Gasteiger partial charge is 0.459 e. The van der Waals surface area contributed by atoms with E-state index in [-0.39, 0.29) is 37.1 Å². The van der Waals surface area contributed by atoms with E-state index in [0.717, 1.165) is 0 Å². The van der Waals surface area contributed by atoms with Gasteiger partial charge in [-0.1, -0.05) is 32.9 Å². The van der Waals surface area contributed by atoms with Crippen molar-refractivity contribution in [3.8, 4) is 0 Å². The fourth-order valence-electron chi connectivity index (χ4n) is 8.78. The Labute approximate surface area is 316 Å². The molecule has 5 N–H and O–H groups in total. The van der Waals surface area contributed by atoms with Crippen LogP contribution in [0.15, 0.2) is 5.16 Å². The summed E-state index contributed by atoms with van der Waals surface area (Å²) >= 11 is 0. The number of aliphatic hydroxyl groups excluding tert-OH is 3. The molecule has 0 spiro atoms. The van der Waals surface area contributed by atoms with Crippen molar-refractivity contribution in [3.05, 3.63) is 0 Å². The first-order chi connectivity index (χ1) is 24.5. The van der Waals surface area contributed by atoms with E-state index < -0.39 is 102 Å². The van der Waals surface area contributed by atoms with E-state index in [1.807, 2.05) is 46.7 Å². The number of methoxy groups -OCH3 is 2. The third-order valence-electron chi connectivity index (χ3n) is 12.4. The summed E-state index contributed by atoms with van der Waals surface area (Å²) in [6.07, 6.45) is -8.53. The first kappa shape index (κ1) is 45.9. The van der Waals surface area contributed by atoms with Gasteiger partial charge in [-0.15, -0.1) is 0 Å². The van der Waals surface area contributed by atoms with Gasteiger partial charge in [0.25, 0.3) is 0 Å². The van der Waals surface area contributed by atoms with Gasteiger partial charge in [0.05, 0.1) is 53.4 Å². The molecular formula is C38H70N2O13. The van der Waals surface area contributed by atoms with Gasteiger partial charge in [0.15, 0.2) is 12.6 Å². The van der Waals surface area contributed by atoms with E-state index in [1.54, 1.807) is 34.6 Å². The number of likely N-dealkylation sites (N-methyl/N-ethyl adjacent to an activating group) is 1. The minimum Gasteiger partial charge on any atom is -0.459 e. The second-order valence-corrected chi connectivity index (χ2v) is 16.8. The SMILES string of the molecule is CCC1OC(=O)[C@H](C)C(O[C@H]2C[C@@](C)(OC)[C@@H](O)[C@H](C)O2)[C@H](C)[C@@H](O[C@@H]2O[C@H](C)C[C@H](N(C)C)[C@H]2O)[C@](C)(OC)C[C@@H](C)/C(=N\O)[C@H](C)[C@@H](O)[C@]1(C)O. The molecule has 15 heteroatoms. The highest BCUT2D eigenvalue weighted by Crippen LogP contribution is 2.42. The number of hydrogen-bond acceptors (Lipinski definition) is 15. The number of esters is 1. The maximum atomic E-state index is 14.2. The van der Waals surface area contributed by atoms with Crippen LogP contribution in [0.4, 0.5) is 0 Å². The van der Waals surface area contributed by atoms with Crippen LogP contribution >= 0.6 is 0 Å². The van der Waals surface area contributed by atoms with Crippen LogP contribution in [0.2, 0.25) is 0 Å². The van der Waals surface area contributed by atoms with Gasteiger partial charge in [0.2, 0.25) is 0 Å². The van der Waals surface area contributed by atoms with Crippen LogP contribution in [0.25, 0.3) is 0 Å². The second kappa shape index (κ2) is 18.2. The number of rotatable bonds is 8. The van der Waals surface area contributed by atoms with E-state index in [0.29, 0.717) is 6.42 Å². The van der Waals surface area contributed by atoms with Crippen molar-refractivity contribution in [1.29, 1.82) is 0 Å². The Hall–Kier alpha value is -1.50. The van der Waals surface area contributed by atoms with Gasteiger partial charge in [-0.3, -0.25) is 4.79 Å². The normalized spacial score (nSPS) is 49.1. The zero-order valence-electron chi connectivity index (χ0n) is 34.4. The number of nitrogens with zero attached hydrogens (tertiary/aromatic N) is 2. The standard InChI is InChI=1S/C38H70N2O13/c1-15-26-38(10,45)31(42)21(4)28(39-46)19(2)17-37(9,48-14)33(53-35-29(41)25(40(11)12)16-20(3)49-35)22(5)30(23(6)34(44)51-26)52-27-18-36(8,47-13)32(43)24(7)50-27/h19-27,29-33,35,41-43,45-46H,15-18H2,1-14H3/b39-28+/t19-,20-,21+,22+,23-,24+,25+,26?,27+,29-,30?,31-,32+,33-,35+,36-,37-,38-/m1/s1. The zero-order chi connectivity index (χ0) is 40.4. The monoisotopic (exact) mass is 762 g/mol. The highest BCUT2D eigenvalue weighted by atomic mass is 16.7. The molecule has 15 nitrogen and oxygen atoms in total. The molecule has 0 aliphatic carbocycles.